The van der Waals surface area contributed by atoms with E-state index in [9.17, 15) is 0 Å². The second-order valence-corrected chi connectivity index (χ2v) is 7.69. The zero-order chi connectivity index (χ0) is 16.4. The molecule has 3 heterocycles. The van der Waals surface area contributed by atoms with Crippen LogP contribution in [0.5, 0.6) is 0 Å². The van der Waals surface area contributed by atoms with Crippen molar-refractivity contribution in [2.45, 2.75) is 71.4 Å². The van der Waals surface area contributed by atoms with Crippen LogP contribution in [0.3, 0.4) is 0 Å². The van der Waals surface area contributed by atoms with Crippen molar-refractivity contribution >= 4 is 29.9 Å². The van der Waals surface area contributed by atoms with Gasteiger partial charge in [-0.1, -0.05) is 12.8 Å². The fourth-order valence-corrected chi connectivity index (χ4v) is 4.43. The van der Waals surface area contributed by atoms with E-state index in [2.05, 4.69) is 31.9 Å². The number of fused-ring (bicyclic) bond motifs is 1. The fraction of sp³-hybridized carbons (Fsp3) is 0.833. The van der Waals surface area contributed by atoms with E-state index in [1.807, 2.05) is 0 Å². The first-order valence-electron chi connectivity index (χ1n) is 9.74. The Kier molecular flexibility index (Phi) is 6.22. The monoisotopic (exact) mass is 458 g/mol. The number of likely N-dealkylation sites (tertiary alicyclic amines) is 1. The number of nitrogens with one attached hydrogen (secondary N) is 1. The summed E-state index contributed by atoms with van der Waals surface area (Å²) in [4.78, 5) is 7.37. The molecule has 25 heavy (non-hydrogen) atoms. The van der Waals surface area contributed by atoms with Crippen LogP contribution in [0.2, 0.25) is 0 Å². The molecule has 0 radical (unpaired) electrons. The Hall–Kier alpha value is -0.860. The maximum Gasteiger partial charge on any atom is 0.194 e. The molecule has 1 N–H and O–H groups in total. The van der Waals surface area contributed by atoms with Gasteiger partial charge in [0.2, 0.25) is 0 Å². The second kappa shape index (κ2) is 8.22. The first-order chi connectivity index (χ1) is 11.8. The average Bonchev–Trinajstić information content (AvgIpc) is 3.10. The van der Waals surface area contributed by atoms with Crippen molar-refractivity contribution in [2.75, 3.05) is 19.6 Å². The third-order valence-electron chi connectivity index (χ3n) is 6.04. The molecule has 1 saturated carbocycles. The number of guanidine groups is 1. The molecule has 4 rings (SSSR count). The van der Waals surface area contributed by atoms with Crippen LogP contribution in [-0.2, 0) is 19.5 Å². The van der Waals surface area contributed by atoms with E-state index in [4.69, 9.17) is 4.99 Å². The Bertz CT molecular complexity index is 607. The van der Waals surface area contributed by atoms with Crippen LogP contribution in [0, 0.1) is 5.41 Å². The summed E-state index contributed by atoms with van der Waals surface area (Å²) in [5, 5.41) is 12.3. The predicted molar refractivity (Wildman–Crippen MR) is 110 cm³/mol. The molecule has 1 spiro atoms. The molecule has 0 atom stereocenters. The molecule has 6 nitrogen and oxygen atoms in total. The molecule has 2 fully saturated rings. The molecule has 0 amide bonds. The van der Waals surface area contributed by atoms with Crippen molar-refractivity contribution in [3.63, 3.8) is 0 Å². The van der Waals surface area contributed by atoms with Gasteiger partial charge in [0.15, 0.2) is 11.8 Å². The average molecular weight is 458 g/mol. The summed E-state index contributed by atoms with van der Waals surface area (Å²) in [6, 6.07) is 0. The van der Waals surface area contributed by atoms with E-state index in [1.54, 1.807) is 0 Å². The van der Waals surface area contributed by atoms with Crippen LogP contribution in [0.4, 0.5) is 0 Å². The minimum Gasteiger partial charge on any atom is -0.357 e. The van der Waals surface area contributed by atoms with Crippen molar-refractivity contribution in [1.82, 2.24) is 25.0 Å². The molecular formula is C18H31IN6. The third kappa shape index (κ3) is 3.95. The highest BCUT2D eigenvalue weighted by Crippen LogP contribution is 2.47. The lowest BCUT2D eigenvalue weighted by atomic mass is 9.68. The van der Waals surface area contributed by atoms with Crippen LogP contribution in [0.15, 0.2) is 4.99 Å². The molecule has 7 heteroatoms. The summed E-state index contributed by atoms with van der Waals surface area (Å²) in [7, 11) is 0. The quantitative estimate of drug-likeness (QED) is 0.430. The summed E-state index contributed by atoms with van der Waals surface area (Å²) in [6.45, 7) is 7.07. The highest BCUT2D eigenvalue weighted by molar-refractivity contribution is 14.0. The first-order valence-corrected chi connectivity index (χ1v) is 9.74. The fourth-order valence-electron chi connectivity index (χ4n) is 4.43. The van der Waals surface area contributed by atoms with Crippen LogP contribution in [0.25, 0.3) is 0 Å². The summed E-state index contributed by atoms with van der Waals surface area (Å²) in [5.74, 6) is 3.24. The molecule has 0 aromatic carbocycles. The molecule has 1 saturated heterocycles. The Balaban J connectivity index is 0.00000182. The number of aliphatic imine (C=N–C) groups is 1. The third-order valence-corrected chi connectivity index (χ3v) is 6.04. The Morgan fingerprint density at radius 3 is 2.72 bits per heavy atom. The molecule has 1 aromatic rings. The summed E-state index contributed by atoms with van der Waals surface area (Å²) in [6.07, 6.45) is 10.4. The van der Waals surface area contributed by atoms with Gasteiger partial charge >= 0.3 is 0 Å². The SMILES string of the molecule is CCNC(=NCc1nnc2n1CCCCC2)N1CCC2(CCC2)C1.I. The summed E-state index contributed by atoms with van der Waals surface area (Å²) in [5.41, 5.74) is 0.599. The number of hydrogen-bond acceptors (Lipinski definition) is 3. The Morgan fingerprint density at radius 1 is 1.12 bits per heavy atom. The van der Waals surface area contributed by atoms with Crippen molar-refractivity contribution in [1.29, 1.82) is 0 Å². The van der Waals surface area contributed by atoms with Gasteiger partial charge in [-0.25, -0.2) is 4.99 Å². The lowest BCUT2D eigenvalue weighted by Gasteiger charge is -2.38. The minimum atomic E-state index is 0. The van der Waals surface area contributed by atoms with Gasteiger partial charge in [0.1, 0.15) is 12.4 Å². The number of nitrogens with zero attached hydrogens (tertiary/aromatic N) is 5. The number of rotatable bonds is 3. The van der Waals surface area contributed by atoms with E-state index in [0.717, 1.165) is 43.7 Å². The lowest BCUT2D eigenvalue weighted by molar-refractivity contribution is 0.151. The van der Waals surface area contributed by atoms with Crippen LogP contribution in [-0.4, -0.2) is 45.3 Å². The van der Waals surface area contributed by atoms with Gasteiger partial charge in [-0.3, -0.25) is 0 Å². The van der Waals surface area contributed by atoms with Gasteiger partial charge in [0.05, 0.1) is 0 Å². The molecular weight excluding hydrogens is 427 g/mol. The predicted octanol–water partition coefficient (Wildman–Crippen LogP) is 2.96. The molecule has 0 unspecified atom stereocenters. The maximum atomic E-state index is 4.91. The number of hydrogen-bond donors (Lipinski definition) is 1. The maximum absolute atomic E-state index is 4.91. The molecule has 3 aliphatic rings. The zero-order valence-electron chi connectivity index (χ0n) is 15.3. The molecule has 1 aliphatic carbocycles. The Labute approximate surface area is 167 Å². The van der Waals surface area contributed by atoms with Gasteiger partial charge in [0, 0.05) is 32.6 Å². The summed E-state index contributed by atoms with van der Waals surface area (Å²) >= 11 is 0. The van der Waals surface area contributed by atoms with Crippen molar-refractivity contribution in [3.8, 4) is 0 Å². The Morgan fingerprint density at radius 2 is 2.00 bits per heavy atom. The minimum absolute atomic E-state index is 0. The molecule has 2 aliphatic heterocycles. The standard InChI is InChI=1S/C18H30N6.HI/c1-2-19-17(23-12-10-18(14-23)8-6-9-18)20-13-16-22-21-15-7-4-3-5-11-24(15)16;/h2-14H2,1H3,(H,19,20);1H. The van der Waals surface area contributed by atoms with E-state index >= 15 is 0 Å². The van der Waals surface area contributed by atoms with Gasteiger partial charge in [0.25, 0.3) is 0 Å². The van der Waals surface area contributed by atoms with E-state index in [1.165, 1.54) is 51.5 Å². The largest absolute Gasteiger partial charge is 0.357 e. The number of aryl methyl sites for hydroxylation is 1. The van der Waals surface area contributed by atoms with Crippen LogP contribution < -0.4 is 5.32 Å². The van der Waals surface area contributed by atoms with E-state index in [0.29, 0.717) is 12.0 Å². The van der Waals surface area contributed by atoms with Crippen LogP contribution in [0.1, 0.15) is 63.5 Å². The lowest BCUT2D eigenvalue weighted by Crippen LogP contribution is -2.42. The topological polar surface area (TPSA) is 58.3 Å². The van der Waals surface area contributed by atoms with Gasteiger partial charge < -0.3 is 14.8 Å². The number of halogens is 1. The van der Waals surface area contributed by atoms with Crippen molar-refractivity contribution < 1.29 is 0 Å². The van der Waals surface area contributed by atoms with Gasteiger partial charge in [-0.15, -0.1) is 34.2 Å². The van der Waals surface area contributed by atoms with Gasteiger partial charge in [-0.05, 0) is 44.4 Å². The van der Waals surface area contributed by atoms with Gasteiger partial charge in [-0.2, -0.15) is 0 Å². The van der Waals surface area contributed by atoms with Crippen molar-refractivity contribution in [3.05, 3.63) is 11.6 Å². The second-order valence-electron chi connectivity index (χ2n) is 7.69. The normalized spacial score (nSPS) is 22.1. The first kappa shape index (κ1) is 18.9. The molecule has 1 aromatic heterocycles. The van der Waals surface area contributed by atoms with Crippen molar-refractivity contribution in [2.24, 2.45) is 10.4 Å². The summed E-state index contributed by atoms with van der Waals surface area (Å²) < 4.78 is 2.30. The zero-order valence-corrected chi connectivity index (χ0v) is 17.7. The molecule has 140 valence electrons. The molecule has 0 bridgehead atoms. The van der Waals surface area contributed by atoms with Crippen LogP contribution >= 0.6 is 24.0 Å². The highest BCUT2D eigenvalue weighted by atomic mass is 127. The van der Waals surface area contributed by atoms with E-state index in [-0.39, 0.29) is 24.0 Å². The smallest absolute Gasteiger partial charge is 0.194 e. The highest BCUT2D eigenvalue weighted by Gasteiger charge is 2.43. The van der Waals surface area contributed by atoms with E-state index < -0.39 is 0 Å². The number of aromatic nitrogens is 3.